The summed E-state index contributed by atoms with van der Waals surface area (Å²) in [6, 6.07) is 12.0. The van der Waals surface area contributed by atoms with Crippen LogP contribution >= 0.6 is 0 Å². The first kappa shape index (κ1) is 18.3. The number of fused-ring (bicyclic) bond motifs is 1. The van der Waals surface area contributed by atoms with Crippen molar-refractivity contribution < 1.29 is 4.42 Å². The number of benzene rings is 1. The van der Waals surface area contributed by atoms with Gasteiger partial charge in [0.05, 0.1) is 11.3 Å². The number of pyridine rings is 1. The molecule has 1 aliphatic rings. The average molecular weight is 376 g/mol. The Labute approximate surface area is 163 Å². The Hall–Kier alpha value is -3.12. The summed E-state index contributed by atoms with van der Waals surface area (Å²) in [6.45, 7) is 6.94. The van der Waals surface area contributed by atoms with Gasteiger partial charge in [0, 0.05) is 54.7 Å². The minimum Gasteiger partial charge on any atom is -0.422 e. The van der Waals surface area contributed by atoms with Crippen LogP contribution < -0.4 is 21.6 Å². The number of hydrogen-bond acceptors (Lipinski definition) is 6. The van der Waals surface area contributed by atoms with E-state index in [4.69, 9.17) is 10.2 Å². The number of hydrogen-bond donors (Lipinski definition) is 2. The minimum absolute atomic E-state index is 0.341. The van der Waals surface area contributed by atoms with Crippen molar-refractivity contribution in [2.45, 2.75) is 19.9 Å². The Kier molecular flexibility index (Phi) is 4.88. The van der Waals surface area contributed by atoms with Crippen LogP contribution in [0.2, 0.25) is 0 Å². The van der Waals surface area contributed by atoms with E-state index in [2.05, 4.69) is 28.2 Å². The lowest BCUT2D eigenvalue weighted by Gasteiger charge is -2.33. The second-order valence-corrected chi connectivity index (χ2v) is 7.33. The fourth-order valence-electron chi connectivity index (χ4n) is 3.54. The molecule has 0 saturated carbocycles. The maximum atomic E-state index is 12.5. The van der Waals surface area contributed by atoms with Crippen LogP contribution in [0.1, 0.15) is 23.7 Å². The molecule has 0 amide bonds. The molecule has 1 aromatic carbocycles. The molecule has 1 fully saturated rings. The molecule has 1 unspecified atom stereocenters. The lowest BCUT2D eigenvalue weighted by atomic mass is 10.1. The highest BCUT2D eigenvalue weighted by molar-refractivity contribution is 5.86. The summed E-state index contributed by atoms with van der Waals surface area (Å²) in [5.74, 6) is 0. The summed E-state index contributed by atoms with van der Waals surface area (Å²) < 4.78 is 5.59. The molecular weight excluding hydrogens is 352 g/mol. The Morgan fingerprint density at radius 2 is 2.18 bits per heavy atom. The van der Waals surface area contributed by atoms with E-state index in [1.54, 1.807) is 18.3 Å². The first-order chi connectivity index (χ1) is 13.5. The standard InChI is InChI=1S/C22H24N4O2/c1-14-5-6-25-17(9-14)11-20(23)19-10-16-3-4-18(12-21(16)28-22(19)27)26-8-7-24-15(2)13-26/h3-6,9-12,15,24H,7-8,13,23H2,1-2H3/b20-11-. The second-order valence-electron chi connectivity index (χ2n) is 7.33. The van der Waals surface area contributed by atoms with Gasteiger partial charge in [-0.25, -0.2) is 4.79 Å². The van der Waals surface area contributed by atoms with E-state index in [0.29, 0.717) is 28.6 Å². The Balaban J connectivity index is 1.69. The number of anilines is 1. The molecular formula is C22H24N4O2. The van der Waals surface area contributed by atoms with Gasteiger partial charge in [0.1, 0.15) is 5.58 Å². The van der Waals surface area contributed by atoms with E-state index in [1.807, 2.05) is 31.2 Å². The molecule has 0 spiro atoms. The van der Waals surface area contributed by atoms with Gasteiger partial charge in [0.15, 0.2) is 0 Å². The van der Waals surface area contributed by atoms with E-state index >= 15 is 0 Å². The van der Waals surface area contributed by atoms with Crippen LogP contribution in [0.3, 0.4) is 0 Å². The first-order valence-corrected chi connectivity index (χ1v) is 9.46. The van der Waals surface area contributed by atoms with Crippen molar-refractivity contribution in [1.29, 1.82) is 0 Å². The number of piperazine rings is 1. The summed E-state index contributed by atoms with van der Waals surface area (Å²) in [6.07, 6.45) is 3.41. The van der Waals surface area contributed by atoms with Crippen LogP contribution in [0.25, 0.3) is 22.7 Å². The van der Waals surface area contributed by atoms with Gasteiger partial charge in [-0.05, 0) is 55.8 Å². The van der Waals surface area contributed by atoms with Crippen LogP contribution in [-0.4, -0.2) is 30.7 Å². The lowest BCUT2D eigenvalue weighted by molar-refractivity contribution is 0.484. The number of nitrogens with zero attached hydrogens (tertiary/aromatic N) is 2. The third-order valence-corrected chi connectivity index (χ3v) is 5.00. The van der Waals surface area contributed by atoms with Gasteiger partial charge < -0.3 is 20.4 Å². The second kappa shape index (κ2) is 7.48. The zero-order chi connectivity index (χ0) is 19.7. The molecule has 144 valence electrons. The normalized spacial score (nSPS) is 17.9. The van der Waals surface area contributed by atoms with Gasteiger partial charge in [0.25, 0.3) is 0 Å². The maximum absolute atomic E-state index is 12.5. The Morgan fingerprint density at radius 1 is 1.32 bits per heavy atom. The van der Waals surface area contributed by atoms with Crippen molar-refractivity contribution >= 4 is 28.4 Å². The van der Waals surface area contributed by atoms with E-state index in [-0.39, 0.29) is 0 Å². The fourth-order valence-corrected chi connectivity index (χ4v) is 3.54. The zero-order valence-corrected chi connectivity index (χ0v) is 16.1. The third kappa shape index (κ3) is 3.77. The number of aromatic nitrogens is 1. The van der Waals surface area contributed by atoms with Crippen molar-refractivity contribution in [3.05, 3.63) is 69.8 Å². The van der Waals surface area contributed by atoms with E-state index in [1.165, 1.54) is 0 Å². The summed E-state index contributed by atoms with van der Waals surface area (Å²) in [5, 5.41) is 4.27. The summed E-state index contributed by atoms with van der Waals surface area (Å²) in [5.41, 5.74) is 9.83. The fraction of sp³-hybridized carbons (Fsp3) is 0.273. The maximum Gasteiger partial charge on any atom is 0.345 e. The molecule has 4 rings (SSSR count). The molecule has 2 aromatic heterocycles. The van der Waals surface area contributed by atoms with Gasteiger partial charge in [-0.3, -0.25) is 4.98 Å². The topological polar surface area (TPSA) is 84.4 Å². The summed E-state index contributed by atoms with van der Waals surface area (Å²) >= 11 is 0. The van der Waals surface area contributed by atoms with Crippen LogP contribution in [-0.2, 0) is 0 Å². The monoisotopic (exact) mass is 376 g/mol. The van der Waals surface area contributed by atoms with Gasteiger partial charge in [0.2, 0.25) is 0 Å². The molecule has 6 heteroatoms. The third-order valence-electron chi connectivity index (χ3n) is 5.00. The molecule has 3 heterocycles. The minimum atomic E-state index is -0.445. The van der Waals surface area contributed by atoms with Gasteiger partial charge in [-0.15, -0.1) is 0 Å². The van der Waals surface area contributed by atoms with Crippen molar-refractivity contribution in [2.24, 2.45) is 5.73 Å². The zero-order valence-electron chi connectivity index (χ0n) is 16.1. The molecule has 6 nitrogen and oxygen atoms in total. The van der Waals surface area contributed by atoms with Gasteiger partial charge in [-0.2, -0.15) is 0 Å². The van der Waals surface area contributed by atoms with Crippen molar-refractivity contribution in [1.82, 2.24) is 10.3 Å². The van der Waals surface area contributed by atoms with Gasteiger partial charge in [-0.1, -0.05) is 0 Å². The van der Waals surface area contributed by atoms with E-state index in [0.717, 1.165) is 36.3 Å². The molecule has 1 atom stereocenters. The molecule has 3 N–H and O–H groups in total. The van der Waals surface area contributed by atoms with E-state index < -0.39 is 5.63 Å². The SMILES string of the molecule is Cc1ccnc(/C=C(\N)c2cc3ccc(N4CCNC(C)C4)cc3oc2=O)c1. The highest BCUT2D eigenvalue weighted by Crippen LogP contribution is 2.24. The van der Waals surface area contributed by atoms with Crippen molar-refractivity contribution in [3.63, 3.8) is 0 Å². The average Bonchev–Trinajstić information content (AvgIpc) is 2.67. The smallest absolute Gasteiger partial charge is 0.345 e. The highest BCUT2D eigenvalue weighted by atomic mass is 16.4. The molecule has 28 heavy (non-hydrogen) atoms. The van der Waals surface area contributed by atoms with Crippen LogP contribution in [0.15, 0.2) is 51.8 Å². The van der Waals surface area contributed by atoms with Crippen molar-refractivity contribution in [3.8, 4) is 0 Å². The first-order valence-electron chi connectivity index (χ1n) is 9.46. The summed E-state index contributed by atoms with van der Waals surface area (Å²) in [7, 11) is 0. The van der Waals surface area contributed by atoms with Crippen LogP contribution in [0.5, 0.6) is 0 Å². The van der Waals surface area contributed by atoms with E-state index in [9.17, 15) is 4.79 Å². The Bertz CT molecular complexity index is 1100. The predicted octanol–water partition coefficient (Wildman–Crippen LogP) is 2.75. The van der Waals surface area contributed by atoms with Crippen LogP contribution in [0.4, 0.5) is 5.69 Å². The number of nitrogens with two attached hydrogens (primary N) is 1. The summed E-state index contributed by atoms with van der Waals surface area (Å²) in [4.78, 5) is 19.1. The number of nitrogens with one attached hydrogen (secondary N) is 1. The molecule has 1 saturated heterocycles. The quantitative estimate of drug-likeness (QED) is 0.684. The molecule has 0 bridgehead atoms. The molecule has 0 radical (unpaired) electrons. The Morgan fingerprint density at radius 3 is 2.96 bits per heavy atom. The molecule has 1 aliphatic heterocycles. The van der Waals surface area contributed by atoms with Gasteiger partial charge >= 0.3 is 5.63 Å². The molecule has 0 aliphatic carbocycles. The van der Waals surface area contributed by atoms with Crippen molar-refractivity contribution in [2.75, 3.05) is 24.5 Å². The van der Waals surface area contributed by atoms with Crippen LogP contribution in [0, 0.1) is 6.92 Å². The highest BCUT2D eigenvalue weighted by Gasteiger charge is 2.17. The molecule has 3 aromatic rings. The lowest BCUT2D eigenvalue weighted by Crippen LogP contribution is -2.49. The number of rotatable bonds is 3. The predicted molar refractivity (Wildman–Crippen MR) is 113 cm³/mol. The largest absolute Gasteiger partial charge is 0.422 e. The number of aryl methyl sites for hydroxylation is 1.